The molecular weight excluding hydrogens is 546 g/mol. The molecule has 4 amide bonds. The SMILES string of the molecule is CCOc1ccc(NC(=O)CN2C(=O)S/C(=C\c3ccc(OCC(=O)Nc4ccccc4C)c(OC)c3)C2=O)cc1. The van der Waals surface area contributed by atoms with E-state index in [1.165, 1.54) is 13.2 Å². The minimum absolute atomic E-state index is 0.164. The van der Waals surface area contributed by atoms with Crippen molar-refractivity contribution in [2.75, 3.05) is 37.5 Å². The molecular formula is C30H29N3O7S. The third-order valence-corrected chi connectivity index (χ3v) is 6.80. The number of nitrogens with zero attached hydrogens (tertiary/aromatic N) is 1. The van der Waals surface area contributed by atoms with Crippen LogP contribution in [-0.4, -0.2) is 54.7 Å². The van der Waals surface area contributed by atoms with Crippen LogP contribution in [0.5, 0.6) is 17.2 Å². The summed E-state index contributed by atoms with van der Waals surface area (Å²) in [7, 11) is 1.45. The Bertz CT molecular complexity index is 1490. The number of hydrogen-bond acceptors (Lipinski definition) is 8. The summed E-state index contributed by atoms with van der Waals surface area (Å²) in [5, 5.41) is 4.93. The number of nitrogens with one attached hydrogen (secondary N) is 2. The number of anilines is 2. The van der Waals surface area contributed by atoms with E-state index in [1.54, 1.807) is 48.5 Å². The molecule has 0 spiro atoms. The molecule has 0 unspecified atom stereocenters. The fourth-order valence-electron chi connectivity index (χ4n) is 3.87. The largest absolute Gasteiger partial charge is 0.494 e. The molecule has 1 saturated heterocycles. The smallest absolute Gasteiger partial charge is 0.294 e. The van der Waals surface area contributed by atoms with Crippen molar-refractivity contribution < 1.29 is 33.4 Å². The van der Waals surface area contributed by atoms with Crippen molar-refractivity contribution >= 4 is 52.2 Å². The van der Waals surface area contributed by atoms with E-state index in [4.69, 9.17) is 14.2 Å². The minimum atomic E-state index is -0.575. The van der Waals surface area contributed by atoms with Gasteiger partial charge in [0.2, 0.25) is 5.91 Å². The van der Waals surface area contributed by atoms with E-state index in [2.05, 4.69) is 10.6 Å². The van der Waals surface area contributed by atoms with Crippen LogP contribution >= 0.6 is 11.8 Å². The maximum Gasteiger partial charge on any atom is 0.294 e. The summed E-state index contributed by atoms with van der Waals surface area (Å²) in [6.45, 7) is 3.64. The van der Waals surface area contributed by atoms with E-state index in [-0.39, 0.29) is 17.4 Å². The molecule has 1 heterocycles. The van der Waals surface area contributed by atoms with Crippen LogP contribution in [0.2, 0.25) is 0 Å². The second-order valence-electron chi connectivity index (χ2n) is 8.84. The number of amides is 4. The van der Waals surface area contributed by atoms with Crippen molar-refractivity contribution in [2.45, 2.75) is 13.8 Å². The number of benzene rings is 3. The zero-order valence-corrected chi connectivity index (χ0v) is 23.6. The van der Waals surface area contributed by atoms with Crippen molar-refractivity contribution in [3.8, 4) is 17.2 Å². The van der Waals surface area contributed by atoms with E-state index in [0.29, 0.717) is 40.8 Å². The summed E-state index contributed by atoms with van der Waals surface area (Å²) in [6, 6.07) is 19.1. The van der Waals surface area contributed by atoms with Crippen molar-refractivity contribution in [1.29, 1.82) is 0 Å². The molecule has 0 aliphatic carbocycles. The molecule has 0 bridgehead atoms. The topological polar surface area (TPSA) is 123 Å². The highest BCUT2D eigenvalue weighted by Gasteiger charge is 2.36. The number of thioether (sulfide) groups is 1. The van der Waals surface area contributed by atoms with Crippen LogP contribution in [0.25, 0.3) is 6.08 Å². The molecule has 0 aromatic heterocycles. The Hall–Kier alpha value is -4.77. The number of aryl methyl sites for hydroxylation is 1. The molecule has 0 atom stereocenters. The van der Waals surface area contributed by atoms with Crippen LogP contribution in [0.1, 0.15) is 18.1 Å². The first-order chi connectivity index (χ1) is 19.8. The summed E-state index contributed by atoms with van der Waals surface area (Å²) in [5.41, 5.74) is 2.72. The predicted molar refractivity (Wildman–Crippen MR) is 157 cm³/mol. The number of carbonyl (C=O) groups excluding carboxylic acids is 4. The highest BCUT2D eigenvalue weighted by atomic mass is 32.2. The lowest BCUT2D eigenvalue weighted by atomic mass is 10.2. The lowest BCUT2D eigenvalue weighted by molar-refractivity contribution is -0.127. The van der Waals surface area contributed by atoms with Gasteiger partial charge in [-0.25, -0.2) is 0 Å². The molecule has 10 nitrogen and oxygen atoms in total. The predicted octanol–water partition coefficient (Wildman–Crippen LogP) is 5.09. The van der Waals surface area contributed by atoms with Gasteiger partial charge in [0, 0.05) is 11.4 Å². The molecule has 41 heavy (non-hydrogen) atoms. The van der Waals surface area contributed by atoms with Gasteiger partial charge in [-0.2, -0.15) is 0 Å². The van der Waals surface area contributed by atoms with E-state index >= 15 is 0 Å². The van der Waals surface area contributed by atoms with Crippen molar-refractivity contribution in [2.24, 2.45) is 0 Å². The average Bonchev–Trinajstić information content (AvgIpc) is 3.21. The number of rotatable bonds is 11. The molecule has 0 radical (unpaired) electrons. The highest BCUT2D eigenvalue weighted by molar-refractivity contribution is 8.18. The Labute approximate surface area is 241 Å². The normalized spacial score (nSPS) is 13.7. The van der Waals surface area contributed by atoms with Gasteiger partial charge in [-0.3, -0.25) is 24.1 Å². The first kappa shape index (κ1) is 29.2. The number of ether oxygens (including phenoxy) is 3. The molecule has 3 aromatic rings. The number of hydrogen-bond donors (Lipinski definition) is 2. The molecule has 1 aliphatic heterocycles. The Morgan fingerprint density at radius 2 is 1.68 bits per heavy atom. The molecule has 4 rings (SSSR count). The quantitative estimate of drug-likeness (QED) is 0.303. The average molecular weight is 576 g/mol. The second-order valence-corrected chi connectivity index (χ2v) is 9.83. The first-order valence-corrected chi connectivity index (χ1v) is 13.5. The summed E-state index contributed by atoms with van der Waals surface area (Å²) in [4.78, 5) is 51.3. The molecule has 212 valence electrons. The summed E-state index contributed by atoms with van der Waals surface area (Å²) in [5.74, 6) is -0.0616. The van der Waals surface area contributed by atoms with Crippen molar-refractivity contribution in [3.63, 3.8) is 0 Å². The summed E-state index contributed by atoms with van der Waals surface area (Å²) in [6.07, 6.45) is 1.53. The maximum absolute atomic E-state index is 12.9. The fraction of sp³-hybridized carbons (Fsp3) is 0.200. The molecule has 0 saturated carbocycles. The van der Waals surface area contributed by atoms with Crippen molar-refractivity contribution in [1.82, 2.24) is 4.90 Å². The van der Waals surface area contributed by atoms with E-state index in [0.717, 1.165) is 22.2 Å². The van der Waals surface area contributed by atoms with Crippen LogP contribution in [0.4, 0.5) is 16.2 Å². The summed E-state index contributed by atoms with van der Waals surface area (Å²) >= 11 is 0.743. The zero-order chi connectivity index (χ0) is 29.4. The van der Waals surface area contributed by atoms with Crippen LogP contribution < -0.4 is 24.8 Å². The lowest BCUT2D eigenvalue weighted by Gasteiger charge is -2.13. The Kier molecular flexibility index (Phi) is 9.64. The van der Waals surface area contributed by atoms with Gasteiger partial charge in [0.15, 0.2) is 18.1 Å². The Morgan fingerprint density at radius 1 is 0.927 bits per heavy atom. The van der Waals surface area contributed by atoms with Crippen LogP contribution in [0.15, 0.2) is 71.6 Å². The molecule has 2 N–H and O–H groups in total. The van der Waals surface area contributed by atoms with Crippen LogP contribution in [0.3, 0.4) is 0 Å². The standard InChI is InChI=1S/C30H29N3O7S/c1-4-39-22-12-10-21(11-13-22)31-27(34)17-33-29(36)26(41-30(33)37)16-20-9-14-24(25(15-20)38-3)40-18-28(35)32-23-8-6-5-7-19(23)2/h5-16H,4,17-18H2,1-3H3,(H,31,34)(H,32,35)/b26-16-. The number of imide groups is 1. The highest BCUT2D eigenvalue weighted by Crippen LogP contribution is 2.34. The van der Waals surface area contributed by atoms with E-state index in [1.807, 2.05) is 32.0 Å². The van der Waals surface area contributed by atoms with Gasteiger partial charge in [-0.05, 0) is 85.3 Å². The molecule has 1 fully saturated rings. The summed E-state index contributed by atoms with van der Waals surface area (Å²) < 4.78 is 16.4. The Balaban J connectivity index is 1.36. The third-order valence-electron chi connectivity index (χ3n) is 5.89. The number of para-hydroxylation sites is 1. The number of carbonyl (C=O) groups is 4. The van der Waals surface area contributed by atoms with Gasteiger partial charge in [-0.1, -0.05) is 24.3 Å². The third kappa shape index (κ3) is 7.67. The van der Waals surface area contributed by atoms with Gasteiger partial charge in [0.05, 0.1) is 18.6 Å². The van der Waals surface area contributed by atoms with Gasteiger partial charge in [0.25, 0.3) is 17.1 Å². The minimum Gasteiger partial charge on any atom is -0.494 e. The molecule has 1 aliphatic rings. The lowest BCUT2D eigenvalue weighted by Crippen LogP contribution is -2.36. The zero-order valence-electron chi connectivity index (χ0n) is 22.8. The molecule has 3 aromatic carbocycles. The van der Waals surface area contributed by atoms with E-state index < -0.39 is 23.6 Å². The van der Waals surface area contributed by atoms with Gasteiger partial charge >= 0.3 is 0 Å². The van der Waals surface area contributed by atoms with Crippen molar-refractivity contribution in [3.05, 3.63) is 82.8 Å². The van der Waals surface area contributed by atoms with Gasteiger partial charge < -0.3 is 24.8 Å². The first-order valence-electron chi connectivity index (χ1n) is 12.7. The van der Waals surface area contributed by atoms with Gasteiger partial charge in [0.1, 0.15) is 12.3 Å². The monoisotopic (exact) mass is 575 g/mol. The second kappa shape index (κ2) is 13.5. The maximum atomic E-state index is 12.9. The fourth-order valence-corrected chi connectivity index (χ4v) is 4.71. The van der Waals surface area contributed by atoms with E-state index in [9.17, 15) is 19.2 Å². The van der Waals surface area contributed by atoms with Gasteiger partial charge in [-0.15, -0.1) is 0 Å². The Morgan fingerprint density at radius 3 is 2.39 bits per heavy atom. The number of methoxy groups -OCH3 is 1. The van der Waals surface area contributed by atoms with Crippen LogP contribution in [0, 0.1) is 6.92 Å². The molecule has 11 heteroatoms. The van der Waals surface area contributed by atoms with Crippen LogP contribution in [-0.2, 0) is 14.4 Å².